The monoisotopic (exact) mass is 443 g/mol. The molecule has 1 saturated heterocycles. The van der Waals surface area contributed by atoms with E-state index in [1.54, 1.807) is 0 Å². The Balaban J connectivity index is 1.49. The van der Waals surface area contributed by atoms with E-state index in [-0.39, 0.29) is 5.91 Å². The molecule has 1 fully saturated rings. The average Bonchev–Trinajstić information content (AvgIpc) is 2.81. The van der Waals surface area contributed by atoms with Crippen LogP contribution >= 0.6 is 12.2 Å². The maximum absolute atomic E-state index is 13.3. The Hall–Kier alpha value is -3.18. The highest BCUT2D eigenvalue weighted by Crippen LogP contribution is 2.30. The van der Waals surface area contributed by atoms with Crippen LogP contribution in [0, 0.1) is 5.92 Å². The number of carbonyl (C=O) groups excluding carboxylic acids is 1. The number of anilines is 2. The molecule has 1 amide bonds. The Morgan fingerprint density at radius 1 is 0.875 bits per heavy atom. The molecule has 3 aromatic carbocycles. The lowest BCUT2D eigenvalue weighted by Crippen LogP contribution is -2.38. The number of benzene rings is 3. The van der Waals surface area contributed by atoms with E-state index in [2.05, 4.69) is 28.5 Å². The van der Waals surface area contributed by atoms with Crippen molar-refractivity contribution in [3.8, 4) is 0 Å². The zero-order valence-corrected chi connectivity index (χ0v) is 19.1. The molecule has 1 aliphatic heterocycles. The molecule has 0 aliphatic carbocycles. The van der Waals surface area contributed by atoms with Gasteiger partial charge in [-0.2, -0.15) is 0 Å². The molecule has 1 heterocycles. The predicted molar refractivity (Wildman–Crippen MR) is 136 cm³/mol. The molecule has 2 N–H and O–H groups in total. The Labute approximate surface area is 195 Å². The number of rotatable bonds is 5. The number of hydrogen-bond acceptors (Lipinski definition) is 3. The fraction of sp³-hybridized carbons (Fsp3) is 0.259. The van der Waals surface area contributed by atoms with Crippen molar-refractivity contribution >= 4 is 34.6 Å². The number of nitrogens with zero attached hydrogens (tertiary/aromatic N) is 1. The summed E-state index contributed by atoms with van der Waals surface area (Å²) in [7, 11) is 0. The summed E-state index contributed by atoms with van der Waals surface area (Å²) in [5.74, 6) is 0.180. The fourth-order valence-electron chi connectivity index (χ4n) is 4.23. The number of amides is 1. The zero-order chi connectivity index (χ0) is 22.3. The summed E-state index contributed by atoms with van der Waals surface area (Å²) >= 11 is 5.55. The fourth-order valence-corrected chi connectivity index (χ4v) is 4.44. The lowest BCUT2D eigenvalue weighted by Gasteiger charge is -2.33. The van der Waals surface area contributed by atoms with Gasteiger partial charge in [-0.25, -0.2) is 0 Å². The van der Waals surface area contributed by atoms with Crippen LogP contribution in [0.15, 0.2) is 84.9 Å². The van der Waals surface area contributed by atoms with Gasteiger partial charge in [0.25, 0.3) is 0 Å². The molecule has 0 aromatic heterocycles. The van der Waals surface area contributed by atoms with E-state index in [1.165, 1.54) is 12.8 Å². The highest BCUT2D eigenvalue weighted by Gasteiger charge is 2.24. The van der Waals surface area contributed by atoms with Crippen LogP contribution in [-0.4, -0.2) is 24.1 Å². The molecule has 32 heavy (non-hydrogen) atoms. The highest BCUT2D eigenvalue weighted by molar-refractivity contribution is 7.80. The number of piperidine rings is 1. The highest BCUT2D eigenvalue weighted by atomic mass is 32.1. The lowest BCUT2D eigenvalue weighted by molar-refractivity contribution is -0.120. The Kier molecular flexibility index (Phi) is 7.17. The van der Waals surface area contributed by atoms with Crippen LogP contribution < -0.4 is 15.5 Å². The third-order valence-corrected chi connectivity index (χ3v) is 6.25. The van der Waals surface area contributed by atoms with Gasteiger partial charge in [-0.3, -0.25) is 4.79 Å². The van der Waals surface area contributed by atoms with Gasteiger partial charge in [0.05, 0.1) is 17.3 Å². The van der Waals surface area contributed by atoms with Crippen LogP contribution in [0.4, 0.5) is 11.4 Å². The summed E-state index contributed by atoms with van der Waals surface area (Å²) in [4.78, 5) is 15.7. The van der Waals surface area contributed by atoms with E-state index in [1.807, 2.05) is 78.9 Å². The van der Waals surface area contributed by atoms with Crippen molar-refractivity contribution in [1.29, 1.82) is 0 Å². The van der Waals surface area contributed by atoms with Gasteiger partial charge >= 0.3 is 0 Å². The first kappa shape index (κ1) is 22.0. The summed E-state index contributed by atoms with van der Waals surface area (Å²) < 4.78 is 0. The largest absolute Gasteiger partial charge is 0.370 e. The maximum atomic E-state index is 13.3. The van der Waals surface area contributed by atoms with Gasteiger partial charge in [0.2, 0.25) is 5.91 Å². The van der Waals surface area contributed by atoms with Gasteiger partial charge in [-0.05, 0) is 54.2 Å². The molecular formula is C27H29N3OS. The summed E-state index contributed by atoms with van der Waals surface area (Å²) in [5.41, 5.74) is 3.91. The summed E-state index contributed by atoms with van der Waals surface area (Å²) in [5, 5.41) is 6.50. The van der Waals surface area contributed by atoms with Gasteiger partial charge < -0.3 is 15.5 Å². The van der Waals surface area contributed by atoms with E-state index in [4.69, 9.17) is 12.2 Å². The van der Waals surface area contributed by atoms with Crippen LogP contribution in [-0.2, 0) is 4.79 Å². The molecule has 0 spiro atoms. The molecule has 0 saturated carbocycles. The minimum atomic E-state index is -0.434. The lowest BCUT2D eigenvalue weighted by atomic mass is 9.90. The Bertz CT molecular complexity index is 1010. The van der Waals surface area contributed by atoms with Crippen LogP contribution in [0.3, 0.4) is 0 Å². The van der Waals surface area contributed by atoms with Gasteiger partial charge in [-0.1, -0.05) is 79.7 Å². The molecular weight excluding hydrogens is 414 g/mol. The van der Waals surface area contributed by atoms with Crippen LogP contribution in [0.25, 0.3) is 0 Å². The first-order valence-corrected chi connectivity index (χ1v) is 11.6. The minimum absolute atomic E-state index is 0.149. The second kappa shape index (κ2) is 10.4. The Morgan fingerprint density at radius 2 is 1.41 bits per heavy atom. The van der Waals surface area contributed by atoms with E-state index < -0.39 is 5.92 Å². The van der Waals surface area contributed by atoms with E-state index in [0.29, 0.717) is 5.11 Å². The van der Waals surface area contributed by atoms with Crippen LogP contribution in [0.2, 0.25) is 0 Å². The quantitative estimate of drug-likeness (QED) is 0.506. The van der Waals surface area contributed by atoms with E-state index in [0.717, 1.165) is 41.5 Å². The molecule has 0 unspecified atom stereocenters. The minimum Gasteiger partial charge on any atom is -0.370 e. The van der Waals surface area contributed by atoms with Gasteiger partial charge in [0.1, 0.15) is 0 Å². The first-order valence-electron chi connectivity index (χ1n) is 11.2. The molecule has 3 aromatic rings. The third-order valence-electron chi connectivity index (χ3n) is 6.04. The molecule has 5 heteroatoms. The number of hydrogen-bond donors (Lipinski definition) is 2. The summed E-state index contributed by atoms with van der Waals surface area (Å²) in [6.07, 6.45) is 2.37. The summed E-state index contributed by atoms with van der Waals surface area (Å²) in [6.45, 7) is 4.37. The predicted octanol–water partition coefficient (Wildman–Crippen LogP) is 5.57. The molecule has 164 valence electrons. The summed E-state index contributed by atoms with van der Waals surface area (Å²) in [6, 6.07) is 27.7. The number of carbonyl (C=O) groups is 1. The average molecular weight is 444 g/mol. The first-order chi connectivity index (χ1) is 15.6. The SMILES string of the molecule is CC1CCN(c2ccccc2NC(=S)NC(=O)C(c2ccccc2)c2ccccc2)CC1. The standard InChI is InChI=1S/C27H29N3OS/c1-20-16-18-30(19-17-20)24-15-9-8-14-23(24)28-27(32)29-26(31)25(21-10-4-2-5-11-21)22-12-6-3-7-13-22/h2-15,20,25H,16-19H2,1H3,(H2,28,29,31,32). The smallest absolute Gasteiger partial charge is 0.238 e. The Morgan fingerprint density at radius 3 is 2.00 bits per heavy atom. The third kappa shape index (κ3) is 5.35. The number of nitrogens with one attached hydrogen (secondary N) is 2. The van der Waals surface area contributed by atoms with Crippen molar-refractivity contribution in [1.82, 2.24) is 5.32 Å². The number of thiocarbonyl (C=S) groups is 1. The molecule has 0 radical (unpaired) electrons. The molecule has 4 rings (SSSR count). The molecule has 0 bridgehead atoms. The topological polar surface area (TPSA) is 44.4 Å². The molecule has 4 nitrogen and oxygen atoms in total. The normalized spacial score (nSPS) is 14.2. The van der Waals surface area contributed by atoms with Crippen LogP contribution in [0.1, 0.15) is 36.8 Å². The van der Waals surface area contributed by atoms with E-state index >= 15 is 0 Å². The number of para-hydroxylation sites is 2. The van der Waals surface area contributed by atoms with Gasteiger partial charge in [0, 0.05) is 13.1 Å². The van der Waals surface area contributed by atoms with E-state index in [9.17, 15) is 4.79 Å². The molecule has 0 atom stereocenters. The second-order valence-electron chi connectivity index (χ2n) is 8.38. The van der Waals surface area contributed by atoms with Gasteiger partial charge in [-0.15, -0.1) is 0 Å². The van der Waals surface area contributed by atoms with Crippen molar-refractivity contribution in [3.63, 3.8) is 0 Å². The van der Waals surface area contributed by atoms with Crippen molar-refractivity contribution < 1.29 is 4.79 Å². The van der Waals surface area contributed by atoms with Crippen molar-refractivity contribution in [2.24, 2.45) is 5.92 Å². The van der Waals surface area contributed by atoms with Crippen LogP contribution in [0.5, 0.6) is 0 Å². The zero-order valence-electron chi connectivity index (χ0n) is 18.3. The van der Waals surface area contributed by atoms with Crippen molar-refractivity contribution in [3.05, 3.63) is 96.1 Å². The van der Waals surface area contributed by atoms with Crippen molar-refractivity contribution in [2.45, 2.75) is 25.7 Å². The van der Waals surface area contributed by atoms with Crippen molar-refractivity contribution in [2.75, 3.05) is 23.3 Å². The second-order valence-corrected chi connectivity index (χ2v) is 8.79. The maximum Gasteiger partial charge on any atom is 0.238 e. The molecule has 1 aliphatic rings. The van der Waals surface area contributed by atoms with Gasteiger partial charge in [0.15, 0.2) is 5.11 Å².